The molecule has 0 bridgehead atoms. The molecule has 0 atom stereocenters. The van der Waals surface area contributed by atoms with Crippen LogP contribution in [-0.4, -0.2) is 20.7 Å². The third-order valence-corrected chi connectivity index (χ3v) is 1.92. The van der Waals surface area contributed by atoms with Crippen molar-refractivity contribution in [3.63, 3.8) is 0 Å². The Hall–Kier alpha value is -2.68. The van der Waals surface area contributed by atoms with Crippen LogP contribution in [0.1, 0.15) is 10.5 Å². The average molecular weight is 213 g/mol. The molecule has 16 heavy (non-hydrogen) atoms. The molecule has 0 fully saturated rings. The minimum atomic E-state index is -0.518. The second-order valence-corrected chi connectivity index (χ2v) is 2.92. The summed E-state index contributed by atoms with van der Waals surface area (Å²) in [5, 5.41) is 14.3. The lowest BCUT2D eigenvalue weighted by Crippen LogP contribution is -2.18. The number of rotatable bonds is 2. The highest BCUT2D eigenvalue weighted by Crippen LogP contribution is 2.05. The highest BCUT2D eigenvalue weighted by molar-refractivity contribution is 5.93. The van der Waals surface area contributed by atoms with Crippen molar-refractivity contribution in [3.05, 3.63) is 42.5 Å². The standard InChI is InChI=1S/C10H7N5O/c11-7-13-10(16)9-3-6-15(14-9)8-1-4-12-5-2-8/h1-6H,(H,13,16). The van der Waals surface area contributed by atoms with E-state index in [9.17, 15) is 4.79 Å². The van der Waals surface area contributed by atoms with Crippen molar-refractivity contribution in [2.45, 2.75) is 0 Å². The van der Waals surface area contributed by atoms with Gasteiger partial charge in [0.15, 0.2) is 11.9 Å². The smallest absolute Gasteiger partial charge is 0.266 e. The molecule has 0 saturated heterocycles. The first-order valence-corrected chi connectivity index (χ1v) is 4.47. The number of pyridine rings is 1. The van der Waals surface area contributed by atoms with Crippen LogP contribution < -0.4 is 5.32 Å². The van der Waals surface area contributed by atoms with Gasteiger partial charge >= 0.3 is 0 Å². The Balaban J connectivity index is 2.27. The first kappa shape index (κ1) is 9.86. The van der Waals surface area contributed by atoms with Gasteiger partial charge < -0.3 is 0 Å². The SMILES string of the molecule is N#CNC(=O)c1ccn(-c2ccncc2)n1. The molecule has 0 aromatic carbocycles. The maximum absolute atomic E-state index is 11.3. The lowest BCUT2D eigenvalue weighted by atomic mass is 10.4. The molecule has 2 heterocycles. The Bertz CT molecular complexity index is 540. The number of nitrogens with one attached hydrogen (secondary N) is 1. The minimum Gasteiger partial charge on any atom is -0.266 e. The molecule has 1 amide bonds. The van der Waals surface area contributed by atoms with E-state index in [0.717, 1.165) is 5.69 Å². The highest BCUT2D eigenvalue weighted by atomic mass is 16.1. The van der Waals surface area contributed by atoms with Gasteiger partial charge in [-0.15, -0.1) is 0 Å². The van der Waals surface area contributed by atoms with Gasteiger partial charge in [0.1, 0.15) is 0 Å². The largest absolute Gasteiger partial charge is 0.284 e. The number of nitriles is 1. The lowest BCUT2D eigenvalue weighted by Gasteiger charge is -1.98. The van der Waals surface area contributed by atoms with E-state index in [1.54, 1.807) is 36.9 Å². The van der Waals surface area contributed by atoms with Crippen molar-refractivity contribution in [3.8, 4) is 11.9 Å². The molecule has 0 saturated carbocycles. The monoisotopic (exact) mass is 213 g/mol. The number of carbonyl (C=O) groups is 1. The minimum absolute atomic E-state index is 0.193. The topological polar surface area (TPSA) is 83.6 Å². The molecule has 0 aliphatic rings. The fourth-order valence-corrected chi connectivity index (χ4v) is 1.20. The molecular formula is C10H7N5O. The number of carbonyl (C=O) groups excluding carboxylic acids is 1. The van der Waals surface area contributed by atoms with Crippen molar-refractivity contribution in [1.29, 1.82) is 5.26 Å². The van der Waals surface area contributed by atoms with Crippen molar-refractivity contribution in [2.75, 3.05) is 0 Å². The van der Waals surface area contributed by atoms with Crippen LogP contribution in [0.25, 0.3) is 5.69 Å². The fraction of sp³-hybridized carbons (Fsp3) is 0. The molecule has 0 spiro atoms. The Morgan fingerprint density at radius 3 is 2.81 bits per heavy atom. The summed E-state index contributed by atoms with van der Waals surface area (Å²) in [5.41, 5.74) is 0.990. The molecule has 78 valence electrons. The summed E-state index contributed by atoms with van der Waals surface area (Å²) < 4.78 is 1.54. The number of hydrogen-bond donors (Lipinski definition) is 1. The van der Waals surface area contributed by atoms with Crippen LogP contribution in [0.3, 0.4) is 0 Å². The Kier molecular flexibility index (Phi) is 2.61. The van der Waals surface area contributed by atoms with E-state index in [1.807, 2.05) is 5.32 Å². The molecule has 1 N–H and O–H groups in total. The van der Waals surface area contributed by atoms with Gasteiger partial charge in [-0.1, -0.05) is 0 Å². The summed E-state index contributed by atoms with van der Waals surface area (Å²) in [4.78, 5) is 15.1. The average Bonchev–Trinajstić information content (AvgIpc) is 2.80. The van der Waals surface area contributed by atoms with Crippen LogP contribution in [-0.2, 0) is 0 Å². The van der Waals surface area contributed by atoms with Gasteiger partial charge in [-0.3, -0.25) is 15.1 Å². The third kappa shape index (κ3) is 1.88. The van der Waals surface area contributed by atoms with Crippen molar-refractivity contribution < 1.29 is 4.79 Å². The van der Waals surface area contributed by atoms with Gasteiger partial charge in [0.25, 0.3) is 5.91 Å². The Morgan fingerprint density at radius 2 is 2.12 bits per heavy atom. The van der Waals surface area contributed by atoms with Gasteiger partial charge in [0.05, 0.1) is 5.69 Å². The number of hydrogen-bond acceptors (Lipinski definition) is 4. The second kappa shape index (κ2) is 4.23. The fourth-order valence-electron chi connectivity index (χ4n) is 1.20. The van der Waals surface area contributed by atoms with Crippen molar-refractivity contribution >= 4 is 5.91 Å². The number of nitrogens with zero attached hydrogens (tertiary/aromatic N) is 4. The number of aromatic nitrogens is 3. The highest BCUT2D eigenvalue weighted by Gasteiger charge is 2.08. The van der Waals surface area contributed by atoms with Crippen LogP contribution >= 0.6 is 0 Å². The van der Waals surface area contributed by atoms with E-state index in [1.165, 1.54) is 10.7 Å². The zero-order valence-electron chi connectivity index (χ0n) is 8.16. The molecular weight excluding hydrogens is 206 g/mol. The van der Waals surface area contributed by atoms with Gasteiger partial charge in [-0.05, 0) is 18.2 Å². The van der Waals surface area contributed by atoms with Crippen LogP contribution in [0.2, 0.25) is 0 Å². The van der Waals surface area contributed by atoms with E-state index >= 15 is 0 Å². The first-order chi connectivity index (χ1) is 7.81. The normalized spacial score (nSPS) is 9.44. The van der Waals surface area contributed by atoms with E-state index in [0.29, 0.717) is 0 Å². The van der Waals surface area contributed by atoms with Crippen LogP contribution in [0.5, 0.6) is 0 Å². The zero-order chi connectivity index (χ0) is 11.4. The van der Waals surface area contributed by atoms with E-state index < -0.39 is 5.91 Å². The van der Waals surface area contributed by atoms with Crippen molar-refractivity contribution in [2.24, 2.45) is 0 Å². The Morgan fingerprint density at radius 1 is 1.38 bits per heavy atom. The Labute approximate surface area is 91.1 Å². The quantitative estimate of drug-likeness (QED) is 0.580. The maximum atomic E-state index is 11.3. The van der Waals surface area contributed by atoms with Crippen LogP contribution in [0.15, 0.2) is 36.8 Å². The molecule has 0 radical (unpaired) electrons. The molecule has 6 nitrogen and oxygen atoms in total. The second-order valence-electron chi connectivity index (χ2n) is 2.92. The van der Waals surface area contributed by atoms with E-state index in [4.69, 9.17) is 5.26 Å². The molecule has 0 aliphatic carbocycles. The summed E-state index contributed by atoms with van der Waals surface area (Å²) in [6.07, 6.45) is 6.46. The zero-order valence-corrected chi connectivity index (χ0v) is 8.16. The predicted molar refractivity (Wildman–Crippen MR) is 54.4 cm³/mol. The molecule has 2 aromatic rings. The summed E-state index contributed by atoms with van der Waals surface area (Å²) >= 11 is 0. The van der Waals surface area contributed by atoms with Gasteiger partial charge in [-0.2, -0.15) is 10.4 Å². The molecule has 0 unspecified atom stereocenters. The van der Waals surface area contributed by atoms with E-state index in [2.05, 4.69) is 10.1 Å². The lowest BCUT2D eigenvalue weighted by molar-refractivity contribution is 0.0967. The van der Waals surface area contributed by atoms with Crippen molar-refractivity contribution in [1.82, 2.24) is 20.1 Å². The first-order valence-electron chi connectivity index (χ1n) is 4.47. The third-order valence-electron chi connectivity index (χ3n) is 1.92. The van der Waals surface area contributed by atoms with E-state index in [-0.39, 0.29) is 5.69 Å². The van der Waals surface area contributed by atoms with Crippen LogP contribution in [0, 0.1) is 11.5 Å². The summed E-state index contributed by atoms with van der Waals surface area (Å²) in [5.74, 6) is -0.518. The molecule has 2 rings (SSSR count). The summed E-state index contributed by atoms with van der Waals surface area (Å²) in [7, 11) is 0. The van der Waals surface area contributed by atoms with Gasteiger partial charge in [0.2, 0.25) is 0 Å². The number of amides is 1. The summed E-state index contributed by atoms with van der Waals surface area (Å²) in [6, 6.07) is 5.06. The summed E-state index contributed by atoms with van der Waals surface area (Å²) in [6.45, 7) is 0. The predicted octanol–water partition coefficient (Wildman–Crippen LogP) is 0.478. The molecule has 2 aromatic heterocycles. The maximum Gasteiger partial charge on any atom is 0.284 e. The van der Waals surface area contributed by atoms with Crippen LogP contribution in [0.4, 0.5) is 0 Å². The molecule has 6 heteroatoms. The van der Waals surface area contributed by atoms with Gasteiger partial charge in [-0.25, -0.2) is 4.68 Å². The molecule has 0 aliphatic heterocycles. The van der Waals surface area contributed by atoms with Gasteiger partial charge in [0, 0.05) is 18.6 Å².